The topological polar surface area (TPSA) is 81.0 Å². The second kappa shape index (κ2) is 10.4. The van der Waals surface area contributed by atoms with E-state index in [0.717, 1.165) is 29.0 Å². The molecule has 0 aliphatic heterocycles. The number of rotatable bonds is 9. The first-order valence-corrected chi connectivity index (χ1v) is 13.3. The van der Waals surface area contributed by atoms with Gasteiger partial charge in [0.05, 0.1) is 21.7 Å². The first kappa shape index (κ1) is 24.2. The van der Waals surface area contributed by atoms with Crippen LogP contribution >= 0.6 is 11.3 Å². The van der Waals surface area contributed by atoms with E-state index >= 15 is 0 Å². The third-order valence-electron chi connectivity index (χ3n) is 5.19. The Labute approximate surface area is 192 Å². The summed E-state index contributed by atoms with van der Waals surface area (Å²) in [4.78, 5) is 20.2. The van der Waals surface area contributed by atoms with Crippen LogP contribution in [0.4, 0.5) is 5.69 Å². The van der Waals surface area contributed by atoms with Gasteiger partial charge in [0.2, 0.25) is 0 Å². The van der Waals surface area contributed by atoms with Gasteiger partial charge >= 0.3 is 0 Å². The smallest absolute Gasteiger partial charge is 0.279 e. The average Bonchev–Trinajstić information content (AvgIpc) is 3.11. The maximum absolute atomic E-state index is 12.9. The molecule has 1 heterocycles. The van der Waals surface area contributed by atoms with Gasteiger partial charge in [-0.25, -0.2) is 8.42 Å². The Morgan fingerprint density at radius 1 is 1.09 bits per heavy atom. The zero-order chi connectivity index (χ0) is 23.3. The first-order valence-electron chi connectivity index (χ1n) is 10.6. The number of hydrogen-bond donors (Lipinski definition) is 0. The normalized spacial score (nSPS) is 12.4. The van der Waals surface area contributed by atoms with E-state index in [4.69, 9.17) is 4.74 Å². The lowest BCUT2D eigenvalue weighted by Gasteiger charge is -2.20. The summed E-state index contributed by atoms with van der Waals surface area (Å²) in [7, 11) is -3.33. The van der Waals surface area contributed by atoms with Crippen molar-refractivity contribution in [1.82, 2.24) is 4.57 Å². The highest BCUT2D eigenvalue weighted by atomic mass is 32.2. The van der Waals surface area contributed by atoms with Gasteiger partial charge in [-0.3, -0.25) is 4.79 Å². The van der Waals surface area contributed by atoms with Crippen molar-refractivity contribution in [2.75, 3.05) is 37.5 Å². The van der Waals surface area contributed by atoms with Gasteiger partial charge in [0.25, 0.3) is 5.91 Å². The molecule has 1 amide bonds. The van der Waals surface area contributed by atoms with Gasteiger partial charge in [0.15, 0.2) is 14.6 Å². The molecule has 0 aliphatic carbocycles. The molecule has 32 heavy (non-hydrogen) atoms. The van der Waals surface area contributed by atoms with Crippen molar-refractivity contribution in [2.24, 2.45) is 4.99 Å². The van der Waals surface area contributed by atoms with Crippen LogP contribution < -0.4 is 9.70 Å². The molecule has 2 aromatic carbocycles. The average molecular weight is 476 g/mol. The maximum atomic E-state index is 12.9. The van der Waals surface area contributed by atoms with Crippen LogP contribution in [0.15, 0.2) is 52.4 Å². The number of fused-ring (bicyclic) bond motifs is 1. The molecule has 1 aromatic heterocycles. The largest absolute Gasteiger partial charge is 0.380 e. The van der Waals surface area contributed by atoms with E-state index in [1.807, 2.05) is 23.6 Å². The van der Waals surface area contributed by atoms with Crippen LogP contribution in [0.1, 0.15) is 31.1 Å². The van der Waals surface area contributed by atoms with Crippen molar-refractivity contribution in [2.45, 2.75) is 32.2 Å². The number of nitrogens with zero attached hydrogens (tertiary/aromatic N) is 3. The summed E-state index contributed by atoms with van der Waals surface area (Å²) >= 11 is 1.30. The fraction of sp³-hybridized carbons (Fsp3) is 0.391. The first-order chi connectivity index (χ1) is 15.3. The number of amides is 1. The number of ether oxygens (including phenoxy) is 1. The Hall–Kier alpha value is -2.49. The lowest BCUT2D eigenvalue weighted by atomic mass is 10.2. The van der Waals surface area contributed by atoms with Crippen molar-refractivity contribution in [3.05, 3.63) is 52.8 Å². The Morgan fingerprint density at radius 3 is 2.38 bits per heavy atom. The minimum Gasteiger partial charge on any atom is -0.380 e. The lowest BCUT2D eigenvalue weighted by molar-refractivity contribution is 0.0996. The maximum Gasteiger partial charge on any atom is 0.279 e. The molecule has 0 unspecified atom stereocenters. The van der Waals surface area contributed by atoms with E-state index in [9.17, 15) is 13.2 Å². The second-order valence-electron chi connectivity index (χ2n) is 7.27. The summed E-state index contributed by atoms with van der Waals surface area (Å²) in [5.74, 6) is -0.337. The highest BCUT2D eigenvalue weighted by molar-refractivity contribution is 7.90. The third-order valence-corrected chi connectivity index (χ3v) is 7.34. The molecule has 9 heteroatoms. The Morgan fingerprint density at radius 2 is 1.78 bits per heavy atom. The van der Waals surface area contributed by atoms with Gasteiger partial charge in [-0.2, -0.15) is 4.99 Å². The van der Waals surface area contributed by atoms with Crippen LogP contribution in [0.25, 0.3) is 10.2 Å². The SMILES string of the molecule is CCOCCn1c(=NC(=O)c2ccc(N(CC)CC)cc2)sc2cc(S(C)(=O)=O)ccc21. The predicted octanol–water partition coefficient (Wildman–Crippen LogP) is 3.73. The number of sulfone groups is 1. The Bertz CT molecular complexity index is 1250. The molecular formula is C23H29N3O4S2. The molecule has 0 fully saturated rings. The zero-order valence-electron chi connectivity index (χ0n) is 18.9. The number of carbonyl (C=O) groups excluding carboxylic acids is 1. The van der Waals surface area contributed by atoms with Gasteiger partial charge in [0.1, 0.15) is 0 Å². The quantitative estimate of drug-likeness (QED) is 0.441. The monoisotopic (exact) mass is 475 g/mol. The van der Waals surface area contributed by atoms with Crippen LogP contribution in [0.2, 0.25) is 0 Å². The minimum absolute atomic E-state index is 0.244. The Balaban J connectivity index is 2.02. The fourth-order valence-corrected chi connectivity index (χ4v) is 5.26. The van der Waals surface area contributed by atoms with E-state index in [1.165, 1.54) is 17.6 Å². The molecule has 0 radical (unpaired) electrons. The van der Waals surface area contributed by atoms with Crippen LogP contribution in [0.3, 0.4) is 0 Å². The number of hydrogen-bond acceptors (Lipinski definition) is 6. The summed E-state index contributed by atoms with van der Waals surface area (Å²) in [6.07, 6.45) is 1.18. The van der Waals surface area contributed by atoms with Gasteiger partial charge in [0, 0.05) is 43.7 Å². The van der Waals surface area contributed by atoms with Crippen molar-refractivity contribution in [3.8, 4) is 0 Å². The summed E-state index contributed by atoms with van der Waals surface area (Å²) in [6.45, 7) is 9.47. The summed E-state index contributed by atoms with van der Waals surface area (Å²) in [6, 6.07) is 12.4. The molecular weight excluding hydrogens is 446 g/mol. The van der Waals surface area contributed by atoms with E-state index in [1.54, 1.807) is 30.3 Å². The van der Waals surface area contributed by atoms with Gasteiger partial charge in [-0.05, 0) is 63.2 Å². The van der Waals surface area contributed by atoms with Gasteiger partial charge < -0.3 is 14.2 Å². The fourth-order valence-electron chi connectivity index (χ4n) is 3.44. The number of carbonyl (C=O) groups is 1. The number of thiazole rings is 1. The molecule has 0 atom stereocenters. The van der Waals surface area contributed by atoms with Crippen LogP contribution in [-0.4, -0.2) is 51.5 Å². The summed E-state index contributed by atoms with van der Waals surface area (Å²) < 4.78 is 32.1. The van der Waals surface area contributed by atoms with Crippen molar-refractivity contribution in [3.63, 3.8) is 0 Å². The Kier molecular flexibility index (Phi) is 7.86. The molecule has 0 aliphatic rings. The molecule has 0 saturated carbocycles. The van der Waals surface area contributed by atoms with Crippen molar-refractivity contribution < 1.29 is 17.9 Å². The van der Waals surface area contributed by atoms with Crippen LogP contribution in [-0.2, 0) is 21.1 Å². The van der Waals surface area contributed by atoms with Crippen LogP contribution in [0.5, 0.6) is 0 Å². The molecule has 0 saturated heterocycles. The van der Waals surface area contributed by atoms with E-state index in [2.05, 4.69) is 23.7 Å². The minimum atomic E-state index is -3.33. The predicted molar refractivity (Wildman–Crippen MR) is 129 cm³/mol. The molecule has 0 spiro atoms. The molecule has 3 rings (SSSR count). The van der Waals surface area contributed by atoms with Gasteiger partial charge in [-0.15, -0.1) is 0 Å². The standard InChI is InChI=1S/C23H29N3O4S2/c1-5-25(6-2)18-10-8-17(9-11-18)22(27)24-23-26(14-15-30-7-3)20-13-12-19(32(4,28)29)16-21(20)31-23/h8-13,16H,5-7,14-15H2,1-4H3. The molecule has 7 nitrogen and oxygen atoms in total. The lowest BCUT2D eigenvalue weighted by Crippen LogP contribution is -2.21. The summed E-state index contributed by atoms with van der Waals surface area (Å²) in [5.41, 5.74) is 2.39. The van der Waals surface area contributed by atoms with Gasteiger partial charge in [-0.1, -0.05) is 11.3 Å². The number of aromatic nitrogens is 1. The van der Waals surface area contributed by atoms with E-state index in [-0.39, 0.29) is 10.8 Å². The summed E-state index contributed by atoms with van der Waals surface area (Å²) in [5, 5.41) is 0. The van der Waals surface area contributed by atoms with Crippen LogP contribution in [0, 0.1) is 0 Å². The van der Waals surface area contributed by atoms with Crippen molar-refractivity contribution in [1.29, 1.82) is 0 Å². The molecule has 3 aromatic rings. The zero-order valence-corrected chi connectivity index (χ0v) is 20.5. The highest BCUT2D eigenvalue weighted by Crippen LogP contribution is 2.22. The highest BCUT2D eigenvalue weighted by Gasteiger charge is 2.14. The number of benzene rings is 2. The molecule has 172 valence electrons. The molecule has 0 bridgehead atoms. The number of anilines is 1. The second-order valence-corrected chi connectivity index (χ2v) is 10.3. The van der Waals surface area contributed by atoms with E-state index in [0.29, 0.717) is 30.1 Å². The van der Waals surface area contributed by atoms with Crippen molar-refractivity contribution >= 4 is 43.0 Å². The third kappa shape index (κ3) is 5.46. The van der Waals surface area contributed by atoms with E-state index < -0.39 is 9.84 Å². The molecule has 0 N–H and O–H groups in total.